The van der Waals surface area contributed by atoms with Gasteiger partial charge in [0.15, 0.2) is 0 Å². The van der Waals surface area contributed by atoms with Gasteiger partial charge in [0.25, 0.3) is 0 Å². The average Bonchev–Trinajstić information content (AvgIpc) is 2.27. The van der Waals surface area contributed by atoms with Crippen LogP contribution in [0, 0.1) is 0 Å². The molecular weight excluding hydrogens is 377 g/mol. The number of hydrogen-bond acceptors (Lipinski definition) is 4. The smallest absolute Gasteiger partial charge is 0.475 e. The van der Waals surface area contributed by atoms with E-state index in [1.165, 1.54) is 0 Å². The molecule has 0 saturated heterocycles. The van der Waals surface area contributed by atoms with Gasteiger partial charge in [-0.3, -0.25) is 0 Å². The first-order valence-electron chi connectivity index (χ1n) is 4.85. The molecule has 0 bridgehead atoms. The Morgan fingerprint density at radius 3 is 0.708 bits per heavy atom. The molecule has 0 rings (SSSR count). The van der Waals surface area contributed by atoms with Crippen molar-refractivity contribution in [1.29, 1.82) is 0 Å². The summed E-state index contributed by atoms with van der Waals surface area (Å²) < 4.78 is 95.2. The fourth-order valence-electron chi connectivity index (χ4n) is 0. The third-order valence-corrected chi connectivity index (χ3v) is 0.728. The lowest BCUT2D eigenvalue weighted by Crippen LogP contribution is -2.21. The van der Waals surface area contributed by atoms with E-state index in [0.717, 1.165) is 6.54 Å². The maximum atomic E-state index is 10.6. The Balaban J connectivity index is -0.000000115. The van der Waals surface area contributed by atoms with Crippen molar-refractivity contribution in [3.63, 3.8) is 0 Å². The molecule has 24 heavy (non-hydrogen) atoms. The minimum absolute atomic E-state index is 0.750. The molecule has 0 aromatic heterocycles. The van der Waals surface area contributed by atoms with Gasteiger partial charge in [-0.1, -0.05) is 6.92 Å². The number of alkyl halides is 9. The molecule has 0 aliphatic heterocycles. The van der Waals surface area contributed by atoms with Gasteiger partial charge in [-0.2, -0.15) is 39.5 Å². The van der Waals surface area contributed by atoms with E-state index < -0.39 is 36.4 Å². The highest BCUT2D eigenvalue weighted by Gasteiger charge is 2.39. The largest absolute Gasteiger partial charge is 0.490 e. The number of nitrogens with two attached hydrogens (primary N) is 1. The van der Waals surface area contributed by atoms with Gasteiger partial charge < -0.3 is 21.1 Å². The molecule has 7 nitrogen and oxygen atoms in total. The van der Waals surface area contributed by atoms with Gasteiger partial charge in [-0.25, -0.2) is 14.4 Å². The van der Waals surface area contributed by atoms with Gasteiger partial charge in [0, 0.05) is 0 Å². The van der Waals surface area contributed by atoms with Gasteiger partial charge in [-0.05, 0) is 6.54 Å². The van der Waals surface area contributed by atoms with Crippen LogP contribution in [0.15, 0.2) is 0 Å². The van der Waals surface area contributed by atoms with E-state index in [1.807, 2.05) is 6.92 Å². The summed E-state index contributed by atoms with van der Waals surface area (Å²) in [5.41, 5.74) is 4.85. The molecule has 0 saturated carbocycles. The Bertz CT molecular complexity index is 330. The van der Waals surface area contributed by atoms with Crippen LogP contribution >= 0.6 is 0 Å². The Kier molecular flexibility index (Phi) is 15.1. The second kappa shape index (κ2) is 12.2. The molecule has 0 unspecified atom stereocenters. The molecule has 16 heteroatoms. The summed E-state index contributed by atoms with van der Waals surface area (Å²) in [6, 6.07) is 0. The first-order valence-corrected chi connectivity index (χ1v) is 4.85. The Morgan fingerprint density at radius 2 is 0.708 bits per heavy atom. The summed E-state index contributed by atoms with van der Waals surface area (Å²) >= 11 is 0. The average molecular weight is 387 g/mol. The summed E-state index contributed by atoms with van der Waals surface area (Å²) in [4.78, 5) is 26.7. The van der Waals surface area contributed by atoms with E-state index in [0.29, 0.717) is 0 Å². The summed E-state index contributed by atoms with van der Waals surface area (Å²) in [7, 11) is 0. The lowest BCUT2D eigenvalue weighted by atomic mass is 10.7. The number of hydrogen-bond donors (Lipinski definition) is 4. The van der Waals surface area contributed by atoms with E-state index in [-0.39, 0.29) is 0 Å². The van der Waals surface area contributed by atoms with Crippen LogP contribution < -0.4 is 5.73 Å². The molecule has 0 spiro atoms. The molecule has 0 aliphatic rings. The van der Waals surface area contributed by atoms with Crippen molar-refractivity contribution in [2.45, 2.75) is 25.5 Å². The van der Waals surface area contributed by atoms with E-state index in [2.05, 4.69) is 0 Å². The minimum Gasteiger partial charge on any atom is -0.475 e. The van der Waals surface area contributed by atoms with E-state index in [9.17, 15) is 39.5 Å². The highest BCUT2D eigenvalue weighted by atomic mass is 19.4. The van der Waals surface area contributed by atoms with Crippen LogP contribution in [0.1, 0.15) is 6.92 Å². The summed E-state index contributed by atoms with van der Waals surface area (Å²) in [5, 5.41) is 21.4. The maximum absolute atomic E-state index is 10.6. The molecule has 0 aliphatic carbocycles. The van der Waals surface area contributed by atoms with Crippen molar-refractivity contribution in [2.24, 2.45) is 5.73 Å². The molecule has 0 aromatic carbocycles. The Hall–Kier alpha value is -2.26. The van der Waals surface area contributed by atoms with Crippen LogP contribution in [0.4, 0.5) is 39.5 Å². The molecule has 146 valence electrons. The predicted molar refractivity (Wildman–Crippen MR) is 55.8 cm³/mol. The first kappa shape index (κ1) is 29.7. The SMILES string of the molecule is CCN.O=C(O)C(F)(F)F.O=C(O)C(F)(F)F.O=C(O)C(F)(F)F. The number of carboxylic acids is 3. The second-order valence-electron chi connectivity index (χ2n) is 2.82. The van der Waals surface area contributed by atoms with E-state index >= 15 is 0 Å². The molecule has 0 atom stereocenters. The van der Waals surface area contributed by atoms with Crippen LogP contribution in [0.2, 0.25) is 0 Å². The van der Waals surface area contributed by atoms with E-state index in [1.54, 1.807) is 0 Å². The zero-order chi connectivity index (χ0) is 20.9. The van der Waals surface area contributed by atoms with Crippen LogP contribution in [0.3, 0.4) is 0 Å². The van der Waals surface area contributed by atoms with Crippen LogP contribution in [0.25, 0.3) is 0 Å². The van der Waals surface area contributed by atoms with Crippen LogP contribution in [-0.2, 0) is 14.4 Å². The van der Waals surface area contributed by atoms with Crippen molar-refractivity contribution in [3.8, 4) is 0 Å². The van der Waals surface area contributed by atoms with Crippen molar-refractivity contribution in [2.75, 3.05) is 6.54 Å². The number of carbonyl (C=O) groups is 3. The van der Waals surface area contributed by atoms with Gasteiger partial charge in [0.2, 0.25) is 0 Å². The minimum atomic E-state index is -5.08. The summed E-state index contributed by atoms with van der Waals surface area (Å²) in [5.74, 6) is -8.27. The van der Waals surface area contributed by atoms with Crippen LogP contribution in [-0.4, -0.2) is 58.3 Å². The molecular formula is C8H10F9NO6. The van der Waals surface area contributed by atoms with Crippen molar-refractivity contribution >= 4 is 17.9 Å². The molecule has 0 radical (unpaired) electrons. The van der Waals surface area contributed by atoms with E-state index in [4.69, 9.17) is 35.4 Å². The highest BCUT2D eigenvalue weighted by Crippen LogP contribution is 2.14. The third kappa shape index (κ3) is 28.0. The number of rotatable bonds is 0. The Labute approximate surface area is 126 Å². The summed E-state index contributed by atoms with van der Waals surface area (Å²) in [6.07, 6.45) is -15.3. The van der Waals surface area contributed by atoms with Gasteiger partial charge in [-0.15, -0.1) is 0 Å². The van der Waals surface area contributed by atoms with Gasteiger partial charge in [0.1, 0.15) is 0 Å². The van der Waals surface area contributed by atoms with Crippen molar-refractivity contribution in [1.82, 2.24) is 0 Å². The zero-order valence-corrected chi connectivity index (χ0v) is 11.3. The van der Waals surface area contributed by atoms with Crippen molar-refractivity contribution < 1.29 is 69.2 Å². The van der Waals surface area contributed by atoms with Gasteiger partial charge >= 0.3 is 36.4 Å². The fourth-order valence-corrected chi connectivity index (χ4v) is 0. The second-order valence-corrected chi connectivity index (χ2v) is 2.82. The van der Waals surface area contributed by atoms with Crippen molar-refractivity contribution in [3.05, 3.63) is 0 Å². The number of halogens is 9. The third-order valence-electron chi connectivity index (χ3n) is 0.728. The lowest BCUT2D eigenvalue weighted by Gasteiger charge is -1.93. The Morgan fingerprint density at radius 1 is 0.667 bits per heavy atom. The number of aliphatic carboxylic acids is 3. The molecule has 0 aromatic rings. The predicted octanol–water partition coefficient (Wildman–Crippen LogP) is 1.86. The maximum Gasteiger partial charge on any atom is 0.490 e. The highest BCUT2D eigenvalue weighted by molar-refractivity contribution is 5.73. The molecule has 0 heterocycles. The molecule has 0 amide bonds. The quantitative estimate of drug-likeness (QED) is 0.466. The van der Waals surface area contributed by atoms with Gasteiger partial charge in [0.05, 0.1) is 0 Å². The fraction of sp³-hybridized carbons (Fsp3) is 0.625. The standard InChI is InChI=1S/3C2HF3O2.C2H7N/c3*3-2(4,5)1(6)7;1-2-3/h3*(H,6,7);2-3H2,1H3. The number of carboxylic acid groups (broad SMARTS) is 3. The molecule has 0 fully saturated rings. The zero-order valence-electron chi connectivity index (χ0n) is 11.3. The monoisotopic (exact) mass is 387 g/mol. The lowest BCUT2D eigenvalue weighted by molar-refractivity contribution is -0.193. The van der Waals surface area contributed by atoms with Crippen LogP contribution in [0.5, 0.6) is 0 Å². The topological polar surface area (TPSA) is 138 Å². The summed E-state index contributed by atoms with van der Waals surface area (Å²) in [6.45, 7) is 2.65. The molecule has 5 N–H and O–H groups in total. The first-order chi connectivity index (χ1) is 10.2. The normalized spacial score (nSPS) is 10.6.